The van der Waals surface area contributed by atoms with Gasteiger partial charge in [-0.25, -0.2) is 17.6 Å². The van der Waals surface area contributed by atoms with Crippen LogP contribution < -0.4 is 0 Å². The van der Waals surface area contributed by atoms with Crippen molar-refractivity contribution in [1.82, 2.24) is 9.21 Å². The summed E-state index contributed by atoms with van der Waals surface area (Å²) in [6.45, 7) is 0.488. The molecule has 7 nitrogen and oxygen atoms in total. The number of amides is 1. The number of nitrogens with zero attached hydrogens (tertiary/aromatic N) is 2. The maximum atomic E-state index is 14.1. The molecule has 3 aromatic carbocycles. The molecule has 35 heavy (non-hydrogen) atoms. The first-order chi connectivity index (χ1) is 16.8. The van der Waals surface area contributed by atoms with Crippen LogP contribution in [0.4, 0.5) is 4.39 Å². The van der Waals surface area contributed by atoms with Gasteiger partial charge in [0.2, 0.25) is 10.0 Å². The minimum absolute atomic E-state index is 0.0652. The van der Waals surface area contributed by atoms with Crippen LogP contribution >= 0.6 is 0 Å². The number of carbonyl (C=O) groups is 2. The second-order valence-corrected chi connectivity index (χ2v) is 10.4. The van der Waals surface area contributed by atoms with E-state index in [0.717, 1.165) is 17.2 Å². The number of carbonyl (C=O) groups excluding carboxylic acids is 2. The third kappa shape index (κ3) is 4.44. The van der Waals surface area contributed by atoms with Crippen LogP contribution in [0.3, 0.4) is 0 Å². The number of hydrogen-bond acceptors (Lipinski definition) is 5. The molecule has 1 atom stereocenters. The van der Waals surface area contributed by atoms with Gasteiger partial charge in [0.05, 0.1) is 5.56 Å². The van der Waals surface area contributed by atoms with Crippen LogP contribution in [0.15, 0.2) is 77.7 Å². The van der Waals surface area contributed by atoms with Gasteiger partial charge < -0.3 is 9.64 Å². The Morgan fingerprint density at radius 2 is 1.60 bits per heavy atom. The predicted molar refractivity (Wildman–Crippen MR) is 126 cm³/mol. The summed E-state index contributed by atoms with van der Waals surface area (Å²) >= 11 is 0. The molecule has 0 spiro atoms. The van der Waals surface area contributed by atoms with Crippen LogP contribution in [0.2, 0.25) is 0 Å². The summed E-state index contributed by atoms with van der Waals surface area (Å²) in [5, 5.41) is 0. The molecule has 1 unspecified atom stereocenters. The van der Waals surface area contributed by atoms with Crippen LogP contribution in [0.5, 0.6) is 0 Å². The summed E-state index contributed by atoms with van der Waals surface area (Å²) in [5.74, 6) is -1.47. The SMILES string of the molecule is O=C1OC(c2ccccc2)Cc2cc(C(=O)N3CCN(S(=O)(=O)c4ccccc4F)CC3)ccc21. The molecule has 0 N–H and O–H groups in total. The van der Waals surface area contributed by atoms with Crippen LogP contribution in [0.25, 0.3) is 0 Å². The zero-order valence-electron chi connectivity index (χ0n) is 18.8. The molecule has 1 saturated heterocycles. The van der Waals surface area contributed by atoms with Crippen molar-refractivity contribution in [3.05, 3.63) is 101 Å². The van der Waals surface area contributed by atoms with Gasteiger partial charge in [-0.2, -0.15) is 4.31 Å². The molecular formula is C26H23FN2O5S. The van der Waals surface area contributed by atoms with E-state index in [1.807, 2.05) is 30.3 Å². The molecule has 1 amide bonds. The van der Waals surface area contributed by atoms with Crippen molar-refractivity contribution in [2.45, 2.75) is 17.4 Å². The van der Waals surface area contributed by atoms with Crippen molar-refractivity contribution in [2.75, 3.05) is 26.2 Å². The number of hydrogen-bond donors (Lipinski definition) is 0. The molecule has 180 valence electrons. The Balaban J connectivity index is 1.30. The number of halogens is 1. The Morgan fingerprint density at radius 1 is 0.914 bits per heavy atom. The molecule has 2 heterocycles. The monoisotopic (exact) mass is 494 g/mol. The van der Waals surface area contributed by atoms with Gasteiger partial charge in [0.15, 0.2) is 0 Å². The first kappa shape index (κ1) is 23.2. The number of fused-ring (bicyclic) bond motifs is 1. The largest absolute Gasteiger partial charge is 0.454 e. The summed E-state index contributed by atoms with van der Waals surface area (Å²) in [6.07, 6.45) is 0.0367. The zero-order chi connectivity index (χ0) is 24.6. The van der Waals surface area contributed by atoms with E-state index >= 15 is 0 Å². The number of sulfonamides is 1. The normalized spacial score (nSPS) is 18.6. The molecule has 9 heteroatoms. The molecule has 0 radical (unpaired) electrons. The summed E-state index contributed by atoms with van der Waals surface area (Å²) in [4.78, 5) is 26.9. The van der Waals surface area contributed by atoms with E-state index in [2.05, 4.69) is 0 Å². The number of benzene rings is 3. The van der Waals surface area contributed by atoms with Crippen molar-refractivity contribution >= 4 is 21.9 Å². The van der Waals surface area contributed by atoms with Crippen LogP contribution in [0, 0.1) is 5.82 Å². The smallest absolute Gasteiger partial charge is 0.339 e. The number of piperazine rings is 1. The molecule has 0 aliphatic carbocycles. The maximum Gasteiger partial charge on any atom is 0.339 e. The quantitative estimate of drug-likeness (QED) is 0.519. The molecule has 0 aromatic heterocycles. The first-order valence-corrected chi connectivity index (χ1v) is 12.7. The fourth-order valence-corrected chi connectivity index (χ4v) is 5.98. The molecular weight excluding hydrogens is 471 g/mol. The van der Waals surface area contributed by atoms with Crippen LogP contribution in [0.1, 0.15) is 37.9 Å². The van der Waals surface area contributed by atoms with Gasteiger partial charge in [-0.15, -0.1) is 0 Å². The molecule has 0 saturated carbocycles. The van der Waals surface area contributed by atoms with Crippen molar-refractivity contribution in [3.63, 3.8) is 0 Å². The Bertz CT molecular complexity index is 1390. The second-order valence-electron chi connectivity index (χ2n) is 8.51. The number of cyclic esters (lactones) is 1. The molecule has 0 bridgehead atoms. The van der Waals surface area contributed by atoms with E-state index in [9.17, 15) is 22.4 Å². The molecule has 5 rings (SSSR count). The fraction of sp³-hybridized carbons (Fsp3) is 0.231. The van der Waals surface area contributed by atoms with Gasteiger partial charge in [0, 0.05) is 38.2 Å². The summed E-state index contributed by atoms with van der Waals surface area (Å²) < 4.78 is 46.5. The average molecular weight is 495 g/mol. The lowest BCUT2D eigenvalue weighted by Gasteiger charge is -2.34. The molecule has 2 aliphatic heterocycles. The first-order valence-electron chi connectivity index (χ1n) is 11.3. The average Bonchev–Trinajstić information content (AvgIpc) is 2.88. The standard InChI is InChI=1S/C26H23FN2O5S/c27-22-8-4-5-9-24(22)35(32,33)29-14-12-28(13-15-29)25(30)19-10-11-21-20(16-19)17-23(34-26(21)31)18-6-2-1-3-7-18/h1-11,16,23H,12-15,17H2. The second kappa shape index (κ2) is 9.24. The van der Waals surface area contributed by atoms with Gasteiger partial charge in [-0.3, -0.25) is 4.79 Å². The highest BCUT2D eigenvalue weighted by Crippen LogP contribution is 2.31. The Kier molecular flexibility index (Phi) is 6.12. The van der Waals surface area contributed by atoms with E-state index in [1.54, 1.807) is 23.1 Å². The van der Waals surface area contributed by atoms with Crippen LogP contribution in [-0.2, 0) is 21.2 Å². The minimum Gasteiger partial charge on any atom is -0.454 e. The van der Waals surface area contributed by atoms with Gasteiger partial charge in [0.25, 0.3) is 5.91 Å². The molecule has 3 aromatic rings. The third-order valence-corrected chi connectivity index (χ3v) is 8.31. The highest BCUT2D eigenvalue weighted by atomic mass is 32.2. The Hall–Kier alpha value is -3.56. The van der Waals surface area contributed by atoms with Gasteiger partial charge >= 0.3 is 5.97 Å². The minimum atomic E-state index is -3.99. The Labute approximate surface area is 202 Å². The van der Waals surface area contributed by atoms with E-state index < -0.39 is 27.9 Å². The molecule has 1 fully saturated rings. The lowest BCUT2D eigenvalue weighted by Crippen LogP contribution is -2.50. The lowest BCUT2D eigenvalue weighted by atomic mass is 9.93. The highest BCUT2D eigenvalue weighted by molar-refractivity contribution is 7.89. The third-order valence-electron chi connectivity index (χ3n) is 6.38. The summed E-state index contributed by atoms with van der Waals surface area (Å²) in [5.41, 5.74) is 2.49. The van der Waals surface area contributed by atoms with Gasteiger partial charge in [0.1, 0.15) is 16.8 Å². The van der Waals surface area contributed by atoms with E-state index in [1.165, 1.54) is 22.5 Å². The topological polar surface area (TPSA) is 84.0 Å². The van der Waals surface area contributed by atoms with Gasteiger partial charge in [-0.1, -0.05) is 42.5 Å². The fourth-order valence-electron chi connectivity index (χ4n) is 4.49. The lowest BCUT2D eigenvalue weighted by molar-refractivity contribution is 0.0252. The maximum absolute atomic E-state index is 14.1. The summed E-state index contributed by atoms with van der Waals surface area (Å²) in [6, 6.07) is 19.6. The van der Waals surface area contributed by atoms with Crippen molar-refractivity contribution < 1.29 is 27.1 Å². The van der Waals surface area contributed by atoms with E-state index in [-0.39, 0.29) is 37.0 Å². The van der Waals surface area contributed by atoms with E-state index in [4.69, 9.17) is 4.74 Å². The van der Waals surface area contributed by atoms with E-state index in [0.29, 0.717) is 17.5 Å². The predicted octanol–water partition coefficient (Wildman–Crippen LogP) is 3.43. The van der Waals surface area contributed by atoms with Crippen LogP contribution in [-0.4, -0.2) is 55.7 Å². The van der Waals surface area contributed by atoms with Crippen molar-refractivity contribution in [1.29, 1.82) is 0 Å². The number of ether oxygens (including phenoxy) is 1. The van der Waals surface area contributed by atoms with Crippen molar-refractivity contribution in [2.24, 2.45) is 0 Å². The number of rotatable bonds is 4. The number of esters is 1. The summed E-state index contributed by atoms with van der Waals surface area (Å²) in [7, 11) is -3.99. The molecule has 2 aliphatic rings. The zero-order valence-corrected chi connectivity index (χ0v) is 19.6. The van der Waals surface area contributed by atoms with Gasteiger partial charge in [-0.05, 0) is 41.5 Å². The Morgan fingerprint density at radius 3 is 2.31 bits per heavy atom. The highest BCUT2D eigenvalue weighted by Gasteiger charge is 2.33. The van der Waals surface area contributed by atoms with Crippen molar-refractivity contribution in [3.8, 4) is 0 Å².